The first-order valence-electron chi connectivity index (χ1n) is 12.8. The maximum atomic E-state index is 13.5. The van der Waals surface area contributed by atoms with Gasteiger partial charge in [0.05, 0.1) is 11.4 Å². The van der Waals surface area contributed by atoms with Crippen LogP contribution in [0.4, 0.5) is 5.82 Å². The second kappa shape index (κ2) is 12.3. The van der Waals surface area contributed by atoms with Gasteiger partial charge in [-0.2, -0.15) is 5.26 Å². The number of hydrogen-bond acceptors (Lipinski definition) is 6. The first-order valence-corrected chi connectivity index (χ1v) is 14.4. The zero-order valence-corrected chi connectivity index (χ0v) is 23.6. The molecule has 1 aromatic heterocycles. The maximum Gasteiger partial charge on any atom is 0.270 e. The number of anilines is 1. The minimum absolute atomic E-state index is 0.132. The molecule has 0 spiro atoms. The van der Waals surface area contributed by atoms with Crippen molar-refractivity contribution in [3.63, 3.8) is 0 Å². The Labute approximate surface area is 232 Å². The number of carbonyl (C=O) groups is 1. The van der Waals surface area contributed by atoms with Crippen molar-refractivity contribution in [2.24, 2.45) is 0 Å². The zero-order valence-electron chi connectivity index (χ0n) is 21.3. The van der Waals surface area contributed by atoms with Gasteiger partial charge in [0.25, 0.3) is 11.5 Å². The molecule has 2 aliphatic heterocycles. The third-order valence-electron chi connectivity index (χ3n) is 6.92. The van der Waals surface area contributed by atoms with Crippen LogP contribution in [0, 0.1) is 18.3 Å². The van der Waals surface area contributed by atoms with Gasteiger partial charge in [-0.3, -0.25) is 19.1 Å². The summed E-state index contributed by atoms with van der Waals surface area (Å²) in [7, 11) is 0. The minimum Gasteiger partial charge on any atom is -0.357 e. The predicted octanol–water partition coefficient (Wildman–Crippen LogP) is 6.26. The average molecular weight is 555 g/mol. The van der Waals surface area contributed by atoms with E-state index < -0.39 is 0 Å². The SMILES string of the molecule is CCCCn1c(N2CCCCCC2)c(/C=C2/SC(=S)N(Cc3ccccc3Cl)C2=O)c(C)c(C#N)c1=O. The highest BCUT2D eigenvalue weighted by Gasteiger charge is 2.33. The Balaban J connectivity index is 1.83. The van der Waals surface area contributed by atoms with E-state index in [2.05, 4.69) is 17.9 Å². The van der Waals surface area contributed by atoms with E-state index in [-0.39, 0.29) is 17.0 Å². The van der Waals surface area contributed by atoms with Gasteiger partial charge in [-0.25, -0.2) is 0 Å². The van der Waals surface area contributed by atoms with Gasteiger partial charge in [0, 0.05) is 30.2 Å². The molecule has 1 aromatic carbocycles. The summed E-state index contributed by atoms with van der Waals surface area (Å²) < 4.78 is 2.22. The van der Waals surface area contributed by atoms with E-state index in [9.17, 15) is 14.9 Å². The van der Waals surface area contributed by atoms with E-state index in [1.54, 1.807) is 15.5 Å². The molecule has 194 valence electrons. The molecule has 3 heterocycles. The van der Waals surface area contributed by atoms with Crippen LogP contribution in [0.15, 0.2) is 34.0 Å². The van der Waals surface area contributed by atoms with Crippen molar-refractivity contribution in [3.8, 4) is 6.07 Å². The lowest BCUT2D eigenvalue weighted by Crippen LogP contribution is -2.35. The van der Waals surface area contributed by atoms with Gasteiger partial charge in [-0.15, -0.1) is 0 Å². The lowest BCUT2D eigenvalue weighted by atomic mass is 10.0. The molecule has 6 nitrogen and oxygen atoms in total. The Bertz CT molecular complexity index is 1340. The van der Waals surface area contributed by atoms with Crippen LogP contribution in [0.5, 0.6) is 0 Å². The smallest absolute Gasteiger partial charge is 0.270 e. The lowest BCUT2D eigenvalue weighted by molar-refractivity contribution is -0.122. The van der Waals surface area contributed by atoms with E-state index in [1.165, 1.54) is 11.8 Å². The number of amides is 1. The number of hydrogen-bond donors (Lipinski definition) is 0. The fourth-order valence-corrected chi connectivity index (χ4v) is 6.29. The second-order valence-electron chi connectivity index (χ2n) is 9.42. The summed E-state index contributed by atoms with van der Waals surface area (Å²) in [6, 6.07) is 9.55. The summed E-state index contributed by atoms with van der Waals surface area (Å²) in [6.45, 7) is 6.39. The van der Waals surface area contributed by atoms with Crippen molar-refractivity contribution in [3.05, 3.63) is 66.8 Å². The molecule has 2 fully saturated rings. The fourth-order valence-electron chi connectivity index (χ4n) is 4.86. The predicted molar refractivity (Wildman–Crippen MR) is 156 cm³/mol. The summed E-state index contributed by atoms with van der Waals surface area (Å²) >= 11 is 13.2. The van der Waals surface area contributed by atoms with Crippen molar-refractivity contribution in [2.75, 3.05) is 18.0 Å². The second-order valence-corrected chi connectivity index (χ2v) is 11.5. The monoisotopic (exact) mass is 554 g/mol. The highest BCUT2D eigenvalue weighted by Crippen LogP contribution is 2.37. The van der Waals surface area contributed by atoms with Crippen molar-refractivity contribution < 1.29 is 4.79 Å². The number of unbranched alkanes of at least 4 members (excludes halogenated alkanes) is 1. The van der Waals surface area contributed by atoms with Crippen LogP contribution in [-0.4, -0.2) is 32.8 Å². The molecule has 9 heteroatoms. The van der Waals surface area contributed by atoms with Crippen molar-refractivity contribution in [2.45, 2.75) is 65.5 Å². The molecule has 0 N–H and O–H groups in total. The number of carbonyl (C=O) groups excluding carboxylic acids is 1. The Hall–Kier alpha value is -2.60. The fraction of sp³-hybridized carbons (Fsp3) is 0.429. The number of thiocarbonyl (C=S) groups is 1. The van der Waals surface area contributed by atoms with Gasteiger partial charge >= 0.3 is 0 Å². The Kier molecular flexibility index (Phi) is 9.12. The standard InChI is InChI=1S/C28H31ClN4O2S2/c1-3-4-15-32-25(31-13-9-5-6-10-14-31)21(19(2)22(17-30)26(32)34)16-24-27(35)33(28(36)37-24)18-20-11-7-8-12-23(20)29/h7-8,11-12,16H,3-6,9-10,13-15,18H2,1-2H3/b24-16+. The summed E-state index contributed by atoms with van der Waals surface area (Å²) in [5.74, 6) is 0.620. The van der Waals surface area contributed by atoms with E-state index in [0.717, 1.165) is 68.6 Å². The molecule has 1 amide bonds. The van der Waals surface area contributed by atoms with Crippen LogP contribution in [-0.2, 0) is 17.9 Å². The van der Waals surface area contributed by atoms with Crippen LogP contribution in [0.3, 0.4) is 0 Å². The Morgan fingerprint density at radius 1 is 1.16 bits per heavy atom. The molecular weight excluding hydrogens is 524 g/mol. The number of pyridine rings is 1. The number of halogens is 1. The molecule has 2 aliphatic rings. The molecule has 0 unspecified atom stereocenters. The van der Waals surface area contributed by atoms with E-state index in [0.29, 0.717) is 32.9 Å². The molecule has 2 saturated heterocycles. The molecule has 37 heavy (non-hydrogen) atoms. The van der Waals surface area contributed by atoms with Gasteiger partial charge in [-0.05, 0) is 49.5 Å². The first-order chi connectivity index (χ1) is 17.9. The van der Waals surface area contributed by atoms with Gasteiger partial charge < -0.3 is 4.90 Å². The highest BCUT2D eigenvalue weighted by molar-refractivity contribution is 8.26. The summed E-state index contributed by atoms with van der Waals surface area (Å²) in [5.41, 5.74) is 2.06. The normalized spacial score (nSPS) is 17.4. The third kappa shape index (κ3) is 5.79. The average Bonchev–Trinajstić information content (AvgIpc) is 3.05. The Morgan fingerprint density at radius 2 is 1.86 bits per heavy atom. The van der Waals surface area contributed by atoms with Gasteiger partial charge in [0.1, 0.15) is 21.8 Å². The van der Waals surface area contributed by atoms with Crippen LogP contribution in [0.25, 0.3) is 6.08 Å². The lowest BCUT2D eigenvalue weighted by Gasteiger charge is -2.29. The van der Waals surface area contributed by atoms with Crippen LogP contribution >= 0.6 is 35.6 Å². The molecular formula is C28H31ClN4O2S2. The summed E-state index contributed by atoms with van der Waals surface area (Å²) in [4.78, 5) is 31.3. The molecule has 0 radical (unpaired) electrons. The van der Waals surface area contributed by atoms with Gasteiger partial charge in [0.2, 0.25) is 0 Å². The zero-order chi connectivity index (χ0) is 26.5. The van der Waals surface area contributed by atoms with Crippen LogP contribution in [0.1, 0.15) is 67.7 Å². The number of benzene rings is 1. The van der Waals surface area contributed by atoms with Crippen molar-refractivity contribution in [1.29, 1.82) is 5.26 Å². The van der Waals surface area contributed by atoms with Crippen molar-refractivity contribution in [1.82, 2.24) is 9.47 Å². The molecule has 0 saturated carbocycles. The number of thioether (sulfide) groups is 1. The number of aromatic nitrogens is 1. The van der Waals surface area contributed by atoms with E-state index in [4.69, 9.17) is 23.8 Å². The quantitative estimate of drug-likeness (QED) is 0.297. The molecule has 4 rings (SSSR count). The largest absolute Gasteiger partial charge is 0.357 e. The van der Waals surface area contributed by atoms with E-state index in [1.807, 2.05) is 31.2 Å². The first kappa shape index (κ1) is 27.4. The van der Waals surface area contributed by atoms with Gasteiger partial charge in [0.15, 0.2) is 0 Å². The molecule has 0 aliphatic carbocycles. The van der Waals surface area contributed by atoms with E-state index >= 15 is 0 Å². The Morgan fingerprint density at radius 3 is 2.51 bits per heavy atom. The molecule has 2 aromatic rings. The number of nitrogens with zero attached hydrogens (tertiary/aromatic N) is 4. The van der Waals surface area contributed by atoms with Gasteiger partial charge in [-0.1, -0.05) is 80.0 Å². The summed E-state index contributed by atoms with van der Waals surface area (Å²) in [5, 5.41) is 10.5. The third-order valence-corrected chi connectivity index (χ3v) is 8.67. The molecule has 0 bridgehead atoms. The minimum atomic E-state index is -0.254. The number of nitriles is 1. The van der Waals surface area contributed by atoms with Crippen molar-refractivity contribution >= 4 is 57.7 Å². The topological polar surface area (TPSA) is 69.3 Å². The molecule has 0 atom stereocenters. The maximum absolute atomic E-state index is 13.5. The summed E-state index contributed by atoms with van der Waals surface area (Å²) in [6.07, 6.45) is 7.98. The van der Waals surface area contributed by atoms with Crippen LogP contribution in [0.2, 0.25) is 5.02 Å². The van der Waals surface area contributed by atoms with Crippen LogP contribution < -0.4 is 10.5 Å². The number of rotatable bonds is 7. The highest BCUT2D eigenvalue weighted by atomic mass is 35.5.